The number of thiazole rings is 1. The predicted octanol–water partition coefficient (Wildman–Crippen LogP) is 1.91. The molecule has 6 nitrogen and oxygen atoms in total. The Morgan fingerprint density at radius 1 is 1.25 bits per heavy atom. The lowest BCUT2D eigenvalue weighted by atomic mass is 10.3. The Balaban J connectivity index is 1.61. The average molecular weight is 386 g/mol. The molecule has 1 aliphatic rings. The SMILES string of the molecule is CS(=O)(=O)N1CCCN(C(=O)Cc2csc(-c3ccsc3)n2)CC1. The van der Waals surface area contributed by atoms with Crippen LogP contribution in [0, 0.1) is 0 Å². The fourth-order valence-electron chi connectivity index (χ4n) is 2.65. The lowest BCUT2D eigenvalue weighted by Crippen LogP contribution is -2.37. The number of rotatable bonds is 4. The normalized spacial score (nSPS) is 17.0. The fraction of sp³-hybridized carbons (Fsp3) is 0.467. The van der Waals surface area contributed by atoms with E-state index in [1.807, 2.05) is 22.2 Å². The quantitative estimate of drug-likeness (QED) is 0.806. The molecule has 9 heteroatoms. The molecule has 0 saturated carbocycles. The van der Waals surface area contributed by atoms with Crippen LogP contribution in [0.4, 0.5) is 0 Å². The van der Waals surface area contributed by atoms with E-state index in [1.165, 1.54) is 10.6 Å². The summed E-state index contributed by atoms with van der Waals surface area (Å²) in [6.07, 6.45) is 2.14. The van der Waals surface area contributed by atoms with Crippen LogP contribution in [-0.4, -0.2) is 60.9 Å². The van der Waals surface area contributed by atoms with E-state index >= 15 is 0 Å². The number of nitrogens with zero attached hydrogens (tertiary/aromatic N) is 3. The van der Waals surface area contributed by atoms with E-state index in [9.17, 15) is 13.2 Å². The van der Waals surface area contributed by atoms with E-state index < -0.39 is 10.0 Å². The van der Waals surface area contributed by atoms with Crippen LogP contribution in [0.5, 0.6) is 0 Å². The van der Waals surface area contributed by atoms with Crippen molar-refractivity contribution >= 4 is 38.6 Å². The van der Waals surface area contributed by atoms with Gasteiger partial charge in [0.2, 0.25) is 15.9 Å². The molecule has 0 unspecified atom stereocenters. The van der Waals surface area contributed by atoms with Crippen molar-refractivity contribution in [1.82, 2.24) is 14.2 Å². The van der Waals surface area contributed by atoms with Gasteiger partial charge < -0.3 is 4.90 Å². The van der Waals surface area contributed by atoms with Crippen molar-refractivity contribution in [3.8, 4) is 10.6 Å². The minimum absolute atomic E-state index is 0.00696. The highest BCUT2D eigenvalue weighted by molar-refractivity contribution is 7.88. The first-order chi connectivity index (χ1) is 11.4. The minimum atomic E-state index is -3.19. The van der Waals surface area contributed by atoms with Crippen molar-refractivity contribution < 1.29 is 13.2 Å². The molecule has 3 heterocycles. The van der Waals surface area contributed by atoms with Gasteiger partial charge in [0.05, 0.1) is 18.4 Å². The molecule has 0 radical (unpaired) electrons. The molecule has 0 N–H and O–H groups in total. The van der Waals surface area contributed by atoms with E-state index in [2.05, 4.69) is 4.98 Å². The molecule has 1 saturated heterocycles. The predicted molar refractivity (Wildman–Crippen MR) is 96.7 cm³/mol. The maximum absolute atomic E-state index is 12.5. The van der Waals surface area contributed by atoms with Crippen LogP contribution in [0.3, 0.4) is 0 Å². The van der Waals surface area contributed by atoms with Crippen molar-refractivity contribution in [3.63, 3.8) is 0 Å². The Kier molecular flexibility index (Phi) is 5.33. The van der Waals surface area contributed by atoms with Gasteiger partial charge >= 0.3 is 0 Å². The first kappa shape index (κ1) is 17.5. The smallest absolute Gasteiger partial charge is 0.228 e. The zero-order valence-electron chi connectivity index (χ0n) is 13.3. The molecule has 2 aromatic heterocycles. The second-order valence-corrected chi connectivity index (χ2v) is 9.35. The third kappa shape index (κ3) is 4.21. The summed E-state index contributed by atoms with van der Waals surface area (Å²) in [5.41, 5.74) is 1.86. The summed E-state index contributed by atoms with van der Waals surface area (Å²) in [6, 6.07) is 2.02. The zero-order valence-corrected chi connectivity index (χ0v) is 15.8. The third-order valence-corrected chi connectivity index (χ3v) is 6.86. The number of amides is 1. The highest BCUT2D eigenvalue weighted by Crippen LogP contribution is 2.26. The monoisotopic (exact) mass is 385 g/mol. The van der Waals surface area contributed by atoms with Crippen molar-refractivity contribution in [2.45, 2.75) is 12.8 Å². The first-order valence-electron chi connectivity index (χ1n) is 7.63. The molecule has 0 aromatic carbocycles. The summed E-state index contributed by atoms with van der Waals surface area (Å²) < 4.78 is 24.7. The summed E-state index contributed by atoms with van der Waals surface area (Å²) in [7, 11) is -3.19. The summed E-state index contributed by atoms with van der Waals surface area (Å²) in [6.45, 7) is 1.86. The molecule has 130 valence electrons. The van der Waals surface area contributed by atoms with E-state index in [-0.39, 0.29) is 12.3 Å². The highest BCUT2D eigenvalue weighted by atomic mass is 32.2. The van der Waals surface area contributed by atoms with E-state index in [0.717, 1.165) is 16.3 Å². The second-order valence-electron chi connectivity index (χ2n) is 5.73. The second kappa shape index (κ2) is 7.30. The first-order valence-corrected chi connectivity index (χ1v) is 11.3. The van der Waals surface area contributed by atoms with Crippen molar-refractivity contribution in [1.29, 1.82) is 0 Å². The van der Waals surface area contributed by atoms with Crippen LogP contribution in [0.2, 0.25) is 0 Å². The Morgan fingerprint density at radius 3 is 2.79 bits per heavy atom. The molecule has 3 rings (SSSR count). The van der Waals surface area contributed by atoms with Gasteiger partial charge in [-0.25, -0.2) is 17.7 Å². The van der Waals surface area contributed by atoms with E-state index in [1.54, 1.807) is 27.6 Å². The van der Waals surface area contributed by atoms with Crippen LogP contribution in [-0.2, 0) is 21.2 Å². The third-order valence-electron chi connectivity index (χ3n) is 3.93. The van der Waals surface area contributed by atoms with Gasteiger partial charge in [0.15, 0.2) is 0 Å². The fourth-order valence-corrected chi connectivity index (χ4v) is 5.05. The molecular formula is C15H19N3O3S3. The van der Waals surface area contributed by atoms with E-state index in [4.69, 9.17) is 0 Å². The Labute approximate surface area is 149 Å². The summed E-state index contributed by atoms with van der Waals surface area (Å²) in [5, 5.41) is 6.90. The maximum Gasteiger partial charge on any atom is 0.228 e. The molecule has 2 aromatic rings. The summed E-state index contributed by atoms with van der Waals surface area (Å²) in [4.78, 5) is 18.8. The largest absolute Gasteiger partial charge is 0.341 e. The van der Waals surface area contributed by atoms with Gasteiger partial charge in [-0.1, -0.05) is 0 Å². The van der Waals surface area contributed by atoms with Crippen molar-refractivity contribution in [2.24, 2.45) is 0 Å². The van der Waals surface area contributed by atoms with Crippen molar-refractivity contribution in [2.75, 3.05) is 32.4 Å². The van der Waals surface area contributed by atoms with Crippen LogP contribution in [0.25, 0.3) is 10.6 Å². The van der Waals surface area contributed by atoms with Gasteiger partial charge in [0, 0.05) is 42.5 Å². The van der Waals surface area contributed by atoms with Crippen LogP contribution < -0.4 is 0 Å². The standard InChI is InChI=1S/C15H19N3O3S3/c1-24(20,21)18-5-2-4-17(6-7-18)14(19)9-13-11-23-15(16-13)12-3-8-22-10-12/h3,8,10-11H,2,4-7,9H2,1H3. The Morgan fingerprint density at radius 2 is 2.08 bits per heavy atom. The van der Waals surface area contributed by atoms with Gasteiger partial charge in [-0.3, -0.25) is 4.79 Å². The molecule has 0 spiro atoms. The van der Waals surface area contributed by atoms with Gasteiger partial charge in [-0.2, -0.15) is 11.3 Å². The molecule has 1 aliphatic heterocycles. The number of thiophene rings is 1. The van der Waals surface area contributed by atoms with Gasteiger partial charge in [0.1, 0.15) is 5.01 Å². The molecule has 24 heavy (non-hydrogen) atoms. The van der Waals surface area contributed by atoms with Crippen LogP contribution in [0.1, 0.15) is 12.1 Å². The average Bonchev–Trinajstić information content (AvgIpc) is 3.12. The highest BCUT2D eigenvalue weighted by Gasteiger charge is 2.24. The zero-order chi connectivity index (χ0) is 17.2. The van der Waals surface area contributed by atoms with Crippen LogP contribution in [0.15, 0.2) is 22.2 Å². The van der Waals surface area contributed by atoms with E-state index in [0.29, 0.717) is 32.6 Å². The molecule has 0 aliphatic carbocycles. The number of sulfonamides is 1. The Hall–Kier alpha value is -1.29. The molecule has 0 atom stereocenters. The van der Waals surface area contributed by atoms with Crippen LogP contribution >= 0.6 is 22.7 Å². The van der Waals surface area contributed by atoms with Gasteiger partial charge in [0.25, 0.3) is 0 Å². The number of aromatic nitrogens is 1. The number of hydrogen-bond donors (Lipinski definition) is 0. The maximum atomic E-state index is 12.5. The lowest BCUT2D eigenvalue weighted by molar-refractivity contribution is -0.130. The molecule has 1 fully saturated rings. The topological polar surface area (TPSA) is 70.6 Å². The number of carbonyl (C=O) groups excluding carboxylic acids is 1. The number of hydrogen-bond acceptors (Lipinski definition) is 6. The molecular weight excluding hydrogens is 366 g/mol. The summed E-state index contributed by atoms with van der Waals surface area (Å²) in [5.74, 6) is 0.00696. The minimum Gasteiger partial charge on any atom is -0.341 e. The molecule has 0 bridgehead atoms. The van der Waals surface area contributed by atoms with Gasteiger partial charge in [-0.05, 0) is 17.9 Å². The molecule has 1 amide bonds. The number of carbonyl (C=O) groups is 1. The van der Waals surface area contributed by atoms with Gasteiger partial charge in [-0.15, -0.1) is 11.3 Å². The Bertz CT molecular complexity index is 799. The van der Waals surface area contributed by atoms with Crippen molar-refractivity contribution in [3.05, 3.63) is 27.9 Å². The summed E-state index contributed by atoms with van der Waals surface area (Å²) >= 11 is 3.16. The lowest BCUT2D eigenvalue weighted by Gasteiger charge is -2.20.